The molecule has 0 aromatic carbocycles. The molecule has 0 aromatic rings. The summed E-state index contributed by atoms with van der Waals surface area (Å²) in [5.74, 6) is -0.600. The molecule has 0 aliphatic heterocycles. The number of hydrogen-bond donors (Lipinski definition) is 5. The number of carbonyl (C=O) groups excluding carboxylic acids is 1. The van der Waals surface area contributed by atoms with Gasteiger partial charge in [0, 0.05) is 0 Å². The van der Waals surface area contributed by atoms with Gasteiger partial charge in [0.25, 0.3) is 0 Å². The van der Waals surface area contributed by atoms with Crippen molar-refractivity contribution in [1.29, 1.82) is 0 Å². The third kappa shape index (κ3) is 45.4. The molecule has 6 nitrogen and oxygen atoms in total. The molecule has 0 rings (SSSR count). The average molecular weight is 901 g/mol. The molecule has 6 heteroatoms. The van der Waals surface area contributed by atoms with Gasteiger partial charge in [-0.15, -0.1) is 0 Å². The molecule has 0 aliphatic rings. The van der Waals surface area contributed by atoms with Crippen molar-refractivity contribution in [2.24, 2.45) is 0 Å². The van der Waals surface area contributed by atoms with Crippen molar-refractivity contribution in [3.05, 3.63) is 48.6 Å². The maximum Gasteiger partial charge on any atom is 0.249 e. The molecular weight excluding hydrogens is 791 g/mol. The largest absolute Gasteiger partial charge is 0.394 e. The predicted molar refractivity (Wildman–Crippen MR) is 279 cm³/mol. The molecule has 376 valence electrons. The smallest absolute Gasteiger partial charge is 0.249 e. The number of amides is 1. The van der Waals surface area contributed by atoms with Gasteiger partial charge in [0.2, 0.25) is 5.91 Å². The maximum absolute atomic E-state index is 12.6. The number of aliphatic hydroxyl groups excluding tert-OH is 4. The molecule has 0 aromatic heterocycles. The highest BCUT2D eigenvalue weighted by molar-refractivity contribution is 5.80. The van der Waals surface area contributed by atoms with E-state index in [4.69, 9.17) is 0 Å². The van der Waals surface area contributed by atoms with Crippen molar-refractivity contribution < 1.29 is 25.2 Å². The van der Waals surface area contributed by atoms with Gasteiger partial charge in [-0.3, -0.25) is 4.79 Å². The van der Waals surface area contributed by atoms with Crippen molar-refractivity contribution >= 4 is 5.91 Å². The molecule has 0 aliphatic carbocycles. The normalized spacial score (nSPS) is 14.2. The molecule has 0 saturated heterocycles. The van der Waals surface area contributed by atoms with E-state index < -0.39 is 36.9 Å². The lowest BCUT2D eigenvalue weighted by Gasteiger charge is -2.27. The number of rotatable bonds is 51. The first kappa shape index (κ1) is 62.3. The van der Waals surface area contributed by atoms with Crippen LogP contribution >= 0.6 is 0 Å². The van der Waals surface area contributed by atoms with Crippen molar-refractivity contribution in [3.8, 4) is 0 Å². The Kier molecular flexibility index (Phi) is 50.8. The Labute approximate surface area is 398 Å². The van der Waals surface area contributed by atoms with Gasteiger partial charge in [-0.2, -0.15) is 0 Å². The molecule has 0 heterocycles. The topological polar surface area (TPSA) is 110 Å². The summed E-state index contributed by atoms with van der Waals surface area (Å²) in [4.78, 5) is 12.6. The zero-order valence-corrected chi connectivity index (χ0v) is 42.5. The summed E-state index contributed by atoms with van der Waals surface area (Å²) in [6.45, 7) is 4.06. The monoisotopic (exact) mass is 900 g/mol. The number of nitrogens with one attached hydrogen (secondary N) is 1. The fourth-order valence-corrected chi connectivity index (χ4v) is 8.55. The van der Waals surface area contributed by atoms with Crippen LogP contribution in [0.15, 0.2) is 48.6 Å². The van der Waals surface area contributed by atoms with Crippen LogP contribution in [0.25, 0.3) is 0 Å². The molecule has 1 amide bonds. The molecule has 0 radical (unpaired) electrons. The highest BCUT2D eigenvalue weighted by Gasteiger charge is 2.28. The van der Waals surface area contributed by atoms with Gasteiger partial charge in [0.05, 0.1) is 18.8 Å². The van der Waals surface area contributed by atoms with Gasteiger partial charge in [-0.05, 0) is 89.9 Å². The minimum atomic E-state index is -1.30. The lowest BCUT2D eigenvalue weighted by molar-refractivity contribution is -0.132. The van der Waals surface area contributed by atoms with E-state index in [9.17, 15) is 25.2 Å². The Morgan fingerprint density at radius 1 is 0.375 bits per heavy atom. The van der Waals surface area contributed by atoms with Crippen molar-refractivity contribution in [1.82, 2.24) is 5.32 Å². The standard InChI is InChI=1S/C58H109NO5/c1-3-5-7-9-11-13-15-17-19-21-23-25-27-29-31-33-35-37-39-41-43-45-47-49-51-55(61)57(63)54(53-60)59-58(64)56(62)52-50-48-46-44-42-40-38-36-34-32-30-28-26-24-22-20-18-16-14-12-10-8-6-4-2/h27,29-30,32,35,37,43,45,54-57,60-63H,3-26,28,31,33-34,36,38-42,44,46-53H2,1-2H3,(H,59,64)/b29-27+,32-30-,37-35+,45-43+. The van der Waals surface area contributed by atoms with Crippen LogP contribution in [-0.2, 0) is 4.79 Å². The fraction of sp³-hybridized carbons (Fsp3) is 0.845. The SMILES string of the molecule is CCCCCCCCCCCCC/C=C/CC/C=C/CC/C=C/CCCC(O)C(O)C(CO)NC(=O)C(O)CCCCCCCCCC/C=C\CCCCCCCCCCCCCC. The summed E-state index contributed by atoms with van der Waals surface area (Å²) in [6, 6.07) is -1.01. The van der Waals surface area contributed by atoms with Gasteiger partial charge < -0.3 is 25.7 Å². The van der Waals surface area contributed by atoms with Crippen LogP contribution < -0.4 is 5.32 Å². The summed E-state index contributed by atoms with van der Waals surface area (Å²) >= 11 is 0. The Morgan fingerprint density at radius 2 is 0.656 bits per heavy atom. The fourth-order valence-electron chi connectivity index (χ4n) is 8.55. The van der Waals surface area contributed by atoms with Crippen LogP contribution in [-0.4, -0.2) is 57.3 Å². The second kappa shape index (κ2) is 52.2. The summed E-state index contributed by atoms with van der Waals surface area (Å²) in [7, 11) is 0. The molecular formula is C58H109NO5. The molecule has 5 N–H and O–H groups in total. The van der Waals surface area contributed by atoms with E-state index in [0.29, 0.717) is 19.3 Å². The second-order valence-electron chi connectivity index (χ2n) is 19.3. The molecule has 64 heavy (non-hydrogen) atoms. The third-order valence-corrected chi connectivity index (χ3v) is 13.0. The number of aliphatic hydroxyl groups is 4. The molecule has 4 atom stereocenters. The zero-order chi connectivity index (χ0) is 46.7. The average Bonchev–Trinajstić information content (AvgIpc) is 3.30. The summed E-state index contributed by atoms with van der Waals surface area (Å²) in [5.41, 5.74) is 0. The van der Waals surface area contributed by atoms with Gasteiger partial charge in [0.1, 0.15) is 12.2 Å². The van der Waals surface area contributed by atoms with E-state index in [1.807, 2.05) is 0 Å². The highest BCUT2D eigenvalue weighted by Crippen LogP contribution is 2.16. The lowest BCUT2D eigenvalue weighted by atomic mass is 10.00. The maximum atomic E-state index is 12.6. The Bertz CT molecular complexity index is 1060. The van der Waals surface area contributed by atoms with Gasteiger partial charge >= 0.3 is 0 Å². The summed E-state index contributed by atoms with van der Waals surface area (Å²) in [6.07, 6.45) is 66.0. The number of unbranched alkanes of at least 4 members (excludes halogenated alkanes) is 34. The number of hydrogen-bond acceptors (Lipinski definition) is 5. The van der Waals surface area contributed by atoms with E-state index in [-0.39, 0.29) is 0 Å². The van der Waals surface area contributed by atoms with Crippen LogP contribution in [0.3, 0.4) is 0 Å². The van der Waals surface area contributed by atoms with Crippen molar-refractivity contribution in [3.63, 3.8) is 0 Å². The molecule has 0 fully saturated rings. The molecule has 0 bridgehead atoms. The van der Waals surface area contributed by atoms with E-state index in [2.05, 4.69) is 67.8 Å². The first-order valence-corrected chi connectivity index (χ1v) is 28.0. The Morgan fingerprint density at radius 3 is 0.984 bits per heavy atom. The van der Waals surface area contributed by atoms with Crippen molar-refractivity contribution in [2.75, 3.05) is 6.61 Å². The molecule has 0 spiro atoms. The minimum absolute atomic E-state index is 0.354. The van der Waals surface area contributed by atoms with Crippen LogP contribution in [0.4, 0.5) is 0 Å². The Hall–Kier alpha value is -1.73. The first-order valence-electron chi connectivity index (χ1n) is 28.0. The van der Waals surface area contributed by atoms with Crippen LogP contribution in [0, 0.1) is 0 Å². The first-order chi connectivity index (χ1) is 31.5. The zero-order valence-electron chi connectivity index (χ0n) is 42.5. The lowest BCUT2D eigenvalue weighted by Crippen LogP contribution is -2.53. The summed E-state index contributed by atoms with van der Waals surface area (Å²) in [5, 5.41) is 43.9. The van der Waals surface area contributed by atoms with Crippen LogP contribution in [0.5, 0.6) is 0 Å². The second-order valence-corrected chi connectivity index (χ2v) is 19.3. The quantitative estimate of drug-likeness (QED) is 0.0309. The summed E-state index contributed by atoms with van der Waals surface area (Å²) < 4.78 is 0. The van der Waals surface area contributed by atoms with E-state index in [1.165, 1.54) is 199 Å². The van der Waals surface area contributed by atoms with E-state index >= 15 is 0 Å². The van der Waals surface area contributed by atoms with E-state index in [0.717, 1.165) is 51.4 Å². The third-order valence-electron chi connectivity index (χ3n) is 13.0. The van der Waals surface area contributed by atoms with Crippen LogP contribution in [0.1, 0.15) is 284 Å². The van der Waals surface area contributed by atoms with Gasteiger partial charge in [0.15, 0.2) is 0 Å². The van der Waals surface area contributed by atoms with Gasteiger partial charge in [-0.25, -0.2) is 0 Å². The Balaban J connectivity index is 3.73. The van der Waals surface area contributed by atoms with Crippen LogP contribution in [0.2, 0.25) is 0 Å². The van der Waals surface area contributed by atoms with E-state index in [1.54, 1.807) is 0 Å². The predicted octanol–water partition coefficient (Wildman–Crippen LogP) is 16.2. The molecule has 0 saturated carbocycles. The minimum Gasteiger partial charge on any atom is -0.394 e. The van der Waals surface area contributed by atoms with Crippen molar-refractivity contribution in [2.45, 2.75) is 308 Å². The number of allylic oxidation sites excluding steroid dienone is 8. The molecule has 4 unspecified atom stereocenters. The van der Waals surface area contributed by atoms with Gasteiger partial charge in [-0.1, -0.05) is 242 Å². The number of carbonyl (C=O) groups is 1. The highest BCUT2D eigenvalue weighted by atomic mass is 16.3.